The van der Waals surface area contributed by atoms with Crippen LogP contribution >= 0.6 is 11.8 Å². The summed E-state index contributed by atoms with van der Waals surface area (Å²) in [5.41, 5.74) is 0. The van der Waals surface area contributed by atoms with E-state index in [0.29, 0.717) is 11.0 Å². The molecule has 0 N–H and O–H groups in total. The largest absolute Gasteiger partial charge is 0.301 e. The Morgan fingerprint density at radius 3 is 3.20 bits per heavy atom. The number of piperidine rings is 1. The predicted molar refractivity (Wildman–Crippen MR) is 42.3 cm³/mol. The van der Waals surface area contributed by atoms with Gasteiger partial charge in [-0.05, 0) is 0 Å². The Balaban J connectivity index is 2.07. The van der Waals surface area contributed by atoms with Gasteiger partial charge in [-0.2, -0.15) is 0 Å². The molecular weight excluding hydrogens is 146 g/mol. The molecule has 2 rings (SSSR count). The molecule has 0 aromatic heterocycles. The van der Waals surface area contributed by atoms with Crippen LogP contribution in [0.15, 0.2) is 0 Å². The van der Waals surface area contributed by atoms with Crippen LogP contribution in [-0.2, 0) is 4.79 Å². The third-order valence-electron chi connectivity index (χ3n) is 2.18. The van der Waals surface area contributed by atoms with E-state index >= 15 is 0 Å². The highest BCUT2D eigenvalue weighted by Gasteiger charge is 2.30. The van der Waals surface area contributed by atoms with Gasteiger partial charge in [-0.3, -0.25) is 4.79 Å². The number of hydrogen-bond donors (Lipinski definition) is 0. The molecule has 2 unspecified atom stereocenters. The van der Waals surface area contributed by atoms with E-state index in [1.54, 1.807) is 0 Å². The summed E-state index contributed by atoms with van der Waals surface area (Å²) in [6.45, 7) is 3.22. The first-order valence-electron chi connectivity index (χ1n) is 3.73. The molecule has 2 atom stereocenters. The lowest BCUT2D eigenvalue weighted by atomic mass is 10.1. The van der Waals surface area contributed by atoms with Gasteiger partial charge in [0.05, 0.1) is 5.25 Å². The normalized spacial score (nSPS) is 39.8. The Kier molecular flexibility index (Phi) is 1.70. The van der Waals surface area contributed by atoms with Crippen LogP contribution in [0.25, 0.3) is 0 Å². The van der Waals surface area contributed by atoms with Crippen molar-refractivity contribution in [1.29, 1.82) is 0 Å². The number of Topliss-reactive ketones (excluding diaryl/α,β-unsaturated/α-hetero) is 1. The Bertz CT molecular complexity index is 160. The van der Waals surface area contributed by atoms with Gasteiger partial charge in [0.25, 0.3) is 0 Å². The Morgan fingerprint density at radius 2 is 2.40 bits per heavy atom. The van der Waals surface area contributed by atoms with Gasteiger partial charge in [0, 0.05) is 31.8 Å². The highest BCUT2D eigenvalue weighted by Crippen LogP contribution is 2.24. The molecule has 0 aromatic carbocycles. The first-order chi connectivity index (χ1) is 4.86. The minimum Gasteiger partial charge on any atom is -0.301 e. The van der Waals surface area contributed by atoms with Gasteiger partial charge in [0.1, 0.15) is 5.78 Å². The van der Waals surface area contributed by atoms with E-state index in [2.05, 4.69) is 4.90 Å². The summed E-state index contributed by atoms with van der Waals surface area (Å²) in [5, 5.41) is 0.322. The van der Waals surface area contributed by atoms with E-state index < -0.39 is 0 Å². The predicted octanol–water partition coefficient (Wildman–Crippen LogP) is 0.377. The Labute approximate surface area is 65.0 Å². The van der Waals surface area contributed by atoms with Gasteiger partial charge in [0.15, 0.2) is 0 Å². The molecular formula is C7H11NOS. The molecule has 3 heteroatoms. The third kappa shape index (κ3) is 1.08. The van der Waals surface area contributed by atoms with Crippen LogP contribution < -0.4 is 0 Å². The first kappa shape index (κ1) is 6.68. The average Bonchev–Trinajstić information content (AvgIpc) is 1.99. The van der Waals surface area contributed by atoms with Crippen molar-refractivity contribution in [1.82, 2.24) is 4.90 Å². The average molecular weight is 157 g/mol. The van der Waals surface area contributed by atoms with Crippen molar-refractivity contribution in [3.05, 3.63) is 0 Å². The lowest BCUT2D eigenvalue weighted by Crippen LogP contribution is -2.47. The lowest BCUT2D eigenvalue weighted by molar-refractivity contribution is -0.121. The summed E-state index contributed by atoms with van der Waals surface area (Å²) in [6, 6.07) is 0. The van der Waals surface area contributed by atoms with Gasteiger partial charge >= 0.3 is 0 Å². The summed E-state index contributed by atoms with van der Waals surface area (Å²) in [7, 11) is 0. The van der Waals surface area contributed by atoms with E-state index in [1.165, 1.54) is 6.54 Å². The van der Waals surface area contributed by atoms with Crippen molar-refractivity contribution >= 4 is 17.5 Å². The zero-order valence-corrected chi connectivity index (χ0v) is 6.69. The van der Waals surface area contributed by atoms with Crippen LogP contribution in [0.3, 0.4) is 0 Å². The van der Waals surface area contributed by atoms with Crippen LogP contribution in [0.1, 0.15) is 6.42 Å². The molecule has 0 spiro atoms. The fourth-order valence-electron chi connectivity index (χ4n) is 1.53. The zero-order valence-electron chi connectivity index (χ0n) is 5.88. The molecule has 0 amide bonds. The second kappa shape index (κ2) is 2.55. The number of fused-ring (bicyclic) bond motifs is 2. The van der Waals surface area contributed by atoms with Crippen LogP contribution in [0, 0.1) is 0 Å². The van der Waals surface area contributed by atoms with Crippen LogP contribution in [0.5, 0.6) is 0 Å². The van der Waals surface area contributed by atoms with Crippen molar-refractivity contribution in [2.24, 2.45) is 0 Å². The second-order valence-electron chi connectivity index (χ2n) is 2.88. The van der Waals surface area contributed by atoms with Gasteiger partial charge in [-0.25, -0.2) is 0 Å². The molecule has 2 fully saturated rings. The summed E-state index contributed by atoms with van der Waals surface area (Å²) < 4.78 is 0. The summed E-state index contributed by atoms with van der Waals surface area (Å²) >= 11 is 1.84. The monoisotopic (exact) mass is 157 g/mol. The van der Waals surface area contributed by atoms with E-state index in [-0.39, 0.29) is 0 Å². The van der Waals surface area contributed by atoms with Crippen molar-refractivity contribution in [2.75, 3.05) is 25.4 Å². The maximum absolute atomic E-state index is 11.2. The van der Waals surface area contributed by atoms with Crippen LogP contribution in [-0.4, -0.2) is 41.3 Å². The summed E-state index contributed by atoms with van der Waals surface area (Å²) in [6.07, 6.45) is 0.789. The molecule has 10 heavy (non-hydrogen) atoms. The fourth-order valence-corrected chi connectivity index (χ4v) is 2.80. The number of carbonyl (C=O) groups is 1. The molecule has 2 saturated heterocycles. The van der Waals surface area contributed by atoms with Gasteiger partial charge < -0.3 is 4.90 Å². The molecule has 0 radical (unpaired) electrons. The fraction of sp³-hybridized carbons (Fsp3) is 0.857. The number of rotatable bonds is 0. The molecule has 0 aromatic rings. The quantitative estimate of drug-likeness (QED) is 0.507. The SMILES string of the molecule is O=C1CCN2CCSC1C2. The standard InChI is InChI=1S/C7H11NOS/c9-6-1-2-8-3-4-10-7(6)5-8/h7H,1-5H2. The molecule has 2 aliphatic rings. The minimum atomic E-state index is 0.322. The molecule has 0 aliphatic carbocycles. The van der Waals surface area contributed by atoms with Crippen molar-refractivity contribution in [2.45, 2.75) is 11.7 Å². The second-order valence-corrected chi connectivity index (χ2v) is 4.19. The maximum Gasteiger partial charge on any atom is 0.148 e. The van der Waals surface area contributed by atoms with Crippen LogP contribution in [0.2, 0.25) is 0 Å². The number of ketones is 1. The zero-order chi connectivity index (χ0) is 6.97. The van der Waals surface area contributed by atoms with Crippen molar-refractivity contribution < 1.29 is 4.79 Å². The van der Waals surface area contributed by atoms with Gasteiger partial charge in [-0.1, -0.05) is 0 Å². The number of carbonyl (C=O) groups excluding carboxylic acids is 1. The topological polar surface area (TPSA) is 20.3 Å². The van der Waals surface area contributed by atoms with Gasteiger partial charge in [-0.15, -0.1) is 11.8 Å². The van der Waals surface area contributed by atoms with E-state index in [0.717, 1.165) is 25.3 Å². The number of nitrogens with zero attached hydrogens (tertiary/aromatic N) is 1. The lowest BCUT2D eigenvalue weighted by Gasteiger charge is -2.35. The van der Waals surface area contributed by atoms with E-state index in [1.807, 2.05) is 11.8 Å². The Morgan fingerprint density at radius 1 is 1.50 bits per heavy atom. The molecule has 56 valence electrons. The van der Waals surface area contributed by atoms with E-state index in [9.17, 15) is 4.79 Å². The van der Waals surface area contributed by atoms with Crippen LogP contribution in [0.4, 0.5) is 0 Å². The molecule has 2 bridgehead atoms. The summed E-state index contributed by atoms with van der Waals surface area (Å²) in [5.74, 6) is 1.62. The third-order valence-corrected chi connectivity index (χ3v) is 3.42. The van der Waals surface area contributed by atoms with Crippen molar-refractivity contribution in [3.63, 3.8) is 0 Å². The minimum absolute atomic E-state index is 0.322. The highest BCUT2D eigenvalue weighted by atomic mass is 32.2. The molecule has 2 nitrogen and oxygen atoms in total. The Hall–Kier alpha value is -0.0200. The maximum atomic E-state index is 11.2. The molecule has 2 aliphatic heterocycles. The molecule has 0 saturated carbocycles. The molecule has 2 heterocycles. The smallest absolute Gasteiger partial charge is 0.148 e. The number of thioether (sulfide) groups is 1. The highest BCUT2D eigenvalue weighted by molar-refractivity contribution is 8.00. The van der Waals surface area contributed by atoms with Crippen molar-refractivity contribution in [3.8, 4) is 0 Å². The van der Waals surface area contributed by atoms with Gasteiger partial charge in [0.2, 0.25) is 0 Å². The van der Waals surface area contributed by atoms with E-state index in [4.69, 9.17) is 0 Å². The first-order valence-corrected chi connectivity index (χ1v) is 4.78. The summed E-state index contributed by atoms with van der Waals surface area (Å²) in [4.78, 5) is 13.5. The number of hydrogen-bond acceptors (Lipinski definition) is 3.